The first kappa shape index (κ1) is 11.1. The predicted molar refractivity (Wildman–Crippen MR) is 55.8 cm³/mol. The highest BCUT2D eigenvalue weighted by atomic mass is 35.5. The summed E-state index contributed by atoms with van der Waals surface area (Å²) in [5.74, 6) is 1.18. The van der Waals surface area contributed by atoms with Crippen molar-refractivity contribution in [3.63, 3.8) is 0 Å². The monoisotopic (exact) mass is 214 g/mol. The Morgan fingerprint density at radius 1 is 1.36 bits per heavy atom. The second-order valence-corrected chi connectivity index (χ2v) is 3.44. The van der Waals surface area contributed by atoms with Gasteiger partial charge in [-0.2, -0.15) is 0 Å². The normalized spacial score (nSPS) is 11.9. The average molecular weight is 215 g/mol. The van der Waals surface area contributed by atoms with Gasteiger partial charge in [0.25, 0.3) is 0 Å². The molecule has 3 heteroatoms. The van der Waals surface area contributed by atoms with E-state index in [0.717, 1.165) is 0 Å². The first-order valence-corrected chi connectivity index (χ1v) is 4.81. The van der Waals surface area contributed by atoms with E-state index in [1.807, 2.05) is 13.8 Å². The van der Waals surface area contributed by atoms with Crippen LogP contribution in [-0.4, -0.2) is 0 Å². The van der Waals surface area contributed by atoms with Crippen LogP contribution in [0.2, 0.25) is 0 Å². The molecule has 0 heterocycles. The maximum Gasteiger partial charge on any atom is 0.127 e. The summed E-state index contributed by atoms with van der Waals surface area (Å²) < 4.78 is 18.0. The molecule has 0 radical (unpaired) electrons. The van der Waals surface area contributed by atoms with Crippen molar-refractivity contribution in [1.82, 2.24) is 0 Å². The van der Waals surface area contributed by atoms with Gasteiger partial charge in [-0.1, -0.05) is 25.4 Å². The lowest BCUT2D eigenvalue weighted by Crippen LogP contribution is -2.01. The van der Waals surface area contributed by atoms with Crippen LogP contribution in [0.25, 0.3) is 0 Å². The lowest BCUT2D eigenvalue weighted by molar-refractivity contribution is 0.369. The minimum atomic E-state index is -0.279. The zero-order valence-corrected chi connectivity index (χ0v) is 8.88. The lowest BCUT2D eigenvalue weighted by Gasteiger charge is -2.11. The van der Waals surface area contributed by atoms with E-state index in [1.54, 1.807) is 12.1 Å². The van der Waals surface area contributed by atoms with Gasteiger partial charge in [0.1, 0.15) is 17.3 Å². The van der Waals surface area contributed by atoms with Gasteiger partial charge in [-0.25, -0.2) is 4.39 Å². The van der Waals surface area contributed by atoms with Gasteiger partial charge in [0.15, 0.2) is 0 Å². The van der Waals surface area contributed by atoms with Gasteiger partial charge in [-0.15, -0.1) is 0 Å². The summed E-state index contributed by atoms with van der Waals surface area (Å²) >= 11 is 5.58. The molecule has 0 N–H and O–H groups in total. The Hall–Kier alpha value is -1.02. The number of halogens is 2. The minimum Gasteiger partial charge on any atom is -0.461 e. The Bertz CT molecular complexity index is 317. The van der Waals surface area contributed by atoms with E-state index in [9.17, 15) is 4.39 Å². The van der Waals surface area contributed by atoms with E-state index in [0.29, 0.717) is 11.5 Å². The summed E-state index contributed by atoms with van der Waals surface area (Å²) in [6, 6.07) is 5.83. The summed E-state index contributed by atoms with van der Waals surface area (Å²) in [5.41, 5.74) is 1.40. The predicted octanol–water partition coefficient (Wildman–Crippen LogP) is 3.94. The fourth-order valence-electron chi connectivity index (χ4n) is 0.905. The Balaban J connectivity index is 2.73. The van der Waals surface area contributed by atoms with Crippen LogP contribution in [0.1, 0.15) is 13.8 Å². The smallest absolute Gasteiger partial charge is 0.127 e. The molecule has 0 aliphatic rings. The number of benzene rings is 1. The van der Waals surface area contributed by atoms with Crippen molar-refractivity contribution >= 4 is 11.6 Å². The van der Waals surface area contributed by atoms with E-state index in [2.05, 4.69) is 0 Å². The Morgan fingerprint density at radius 2 is 1.93 bits per heavy atom. The topological polar surface area (TPSA) is 9.23 Å². The first-order valence-electron chi connectivity index (χ1n) is 4.37. The van der Waals surface area contributed by atoms with Crippen molar-refractivity contribution in [3.8, 4) is 5.75 Å². The van der Waals surface area contributed by atoms with E-state index >= 15 is 0 Å². The molecule has 1 aromatic rings. The molecule has 0 aliphatic carbocycles. The van der Waals surface area contributed by atoms with E-state index in [-0.39, 0.29) is 11.7 Å². The van der Waals surface area contributed by atoms with Crippen LogP contribution >= 0.6 is 11.6 Å². The van der Waals surface area contributed by atoms with E-state index < -0.39 is 0 Å². The molecule has 0 unspecified atom stereocenters. The second kappa shape index (κ2) is 5.01. The van der Waals surface area contributed by atoms with Gasteiger partial charge in [-0.3, -0.25) is 0 Å². The SMILES string of the molecule is CC(C)/C(=C/Cl)Oc1ccc(F)cc1. The van der Waals surface area contributed by atoms with Gasteiger partial charge in [0.05, 0.1) is 0 Å². The highest BCUT2D eigenvalue weighted by Gasteiger charge is 2.05. The fourth-order valence-corrected chi connectivity index (χ4v) is 1.20. The standard InChI is InChI=1S/C11H12ClFO/c1-8(2)11(7-12)14-10-5-3-9(13)4-6-10/h3-8H,1-2H3/b11-7-. The average Bonchev–Trinajstić information content (AvgIpc) is 2.16. The van der Waals surface area contributed by atoms with Crippen molar-refractivity contribution < 1.29 is 9.13 Å². The molecule has 76 valence electrons. The molecule has 0 aromatic heterocycles. The number of ether oxygens (including phenoxy) is 1. The molecule has 1 aromatic carbocycles. The van der Waals surface area contributed by atoms with E-state index in [1.165, 1.54) is 17.7 Å². The van der Waals surface area contributed by atoms with Crippen LogP contribution in [0.4, 0.5) is 4.39 Å². The third kappa shape index (κ3) is 3.04. The molecule has 1 nitrogen and oxygen atoms in total. The second-order valence-electron chi connectivity index (χ2n) is 3.22. The molecule has 0 amide bonds. The maximum absolute atomic E-state index is 12.6. The van der Waals surface area contributed by atoms with Crippen molar-refractivity contribution in [2.45, 2.75) is 13.8 Å². The number of rotatable bonds is 3. The van der Waals surface area contributed by atoms with Gasteiger partial charge < -0.3 is 4.74 Å². The van der Waals surface area contributed by atoms with Crippen LogP contribution in [0, 0.1) is 11.7 Å². The summed E-state index contributed by atoms with van der Waals surface area (Å²) in [6.07, 6.45) is 0. The van der Waals surface area contributed by atoms with Crippen molar-refractivity contribution in [3.05, 3.63) is 41.4 Å². The lowest BCUT2D eigenvalue weighted by atomic mass is 10.2. The Labute approximate surface area is 88.1 Å². The zero-order chi connectivity index (χ0) is 10.6. The highest BCUT2D eigenvalue weighted by molar-refractivity contribution is 6.25. The third-order valence-corrected chi connectivity index (χ3v) is 1.94. The Kier molecular flexibility index (Phi) is 3.96. The van der Waals surface area contributed by atoms with Crippen LogP contribution in [-0.2, 0) is 0 Å². The molecule has 0 atom stereocenters. The molecule has 0 saturated heterocycles. The van der Waals surface area contributed by atoms with Gasteiger partial charge in [-0.05, 0) is 24.3 Å². The summed E-state index contributed by atoms with van der Waals surface area (Å²) in [4.78, 5) is 0. The summed E-state index contributed by atoms with van der Waals surface area (Å²) in [6.45, 7) is 3.94. The number of allylic oxidation sites excluding steroid dienone is 1. The first-order chi connectivity index (χ1) is 6.63. The van der Waals surface area contributed by atoms with Crippen LogP contribution in [0.5, 0.6) is 5.75 Å². The summed E-state index contributed by atoms with van der Waals surface area (Å²) in [7, 11) is 0. The van der Waals surface area contributed by atoms with Crippen LogP contribution < -0.4 is 4.74 Å². The molecule has 0 aliphatic heterocycles. The van der Waals surface area contributed by atoms with E-state index in [4.69, 9.17) is 16.3 Å². The molecule has 0 fully saturated rings. The minimum absolute atomic E-state index is 0.206. The fraction of sp³-hybridized carbons (Fsp3) is 0.273. The van der Waals surface area contributed by atoms with Crippen LogP contribution in [0.15, 0.2) is 35.6 Å². The molecule has 0 bridgehead atoms. The third-order valence-electron chi connectivity index (χ3n) is 1.73. The van der Waals surface area contributed by atoms with Crippen LogP contribution in [0.3, 0.4) is 0 Å². The van der Waals surface area contributed by atoms with Crippen molar-refractivity contribution in [2.24, 2.45) is 5.92 Å². The zero-order valence-electron chi connectivity index (χ0n) is 8.13. The highest BCUT2D eigenvalue weighted by Crippen LogP contribution is 2.19. The molecule has 14 heavy (non-hydrogen) atoms. The maximum atomic E-state index is 12.6. The number of hydrogen-bond donors (Lipinski definition) is 0. The molecule has 1 rings (SSSR count). The van der Waals surface area contributed by atoms with Gasteiger partial charge in [0.2, 0.25) is 0 Å². The summed E-state index contributed by atoms with van der Waals surface area (Å²) in [5, 5.41) is 0. The molecular formula is C11H12ClFO. The quantitative estimate of drug-likeness (QED) is 0.693. The van der Waals surface area contributed by atoms with Gasteiger partial charge in [0, 0.05) is 11.5 Å². The van der Waals surface area contributed by atoms with Crippen molar-refractivity contribution in [1.29, 1.82) is 0 Å². The van der Waals surface area contributed by atoms with Gasteiger partial charge >= 0.3 is 0 Å². The van der Waals surface area contributed by atoms with Crippen molar-refractivity contribution in [2.75, 3.05) is 0 Å². The Morgan fingerprint density at radius 3 is 2.36 bits per heavy atom. The molecule has 0 saturated carbocycles. The number of hydrogen-bond acceptors (Lipinski definition) is 1. The molecule has 0 spiro atoms. The molecular weight excluding hydrogens is 203 g/mol. The largest absolute Gasteiger partial charge is 0.461 e.